The lowest BCUT2D eigenvalue weighted by Crippen LogP contribution is -3.12. The van der Waals surface area contributed by atoms with E-state index in [1.165, 1.54) is 4.90 Å². The van der Waals surface area contributed by atoms with E-state index in [0.29, 0.717) is 11.1 Å². The lowest BCUT2D eigenvalue weighted by Gasteiger charge is -2.30. The van der Waals surface area contributed by atoms with Gasteiger partial charge in [-0.2, -0.15) is 0 Å². The second-order valence-electron chi connectivity index (χ2n) is 8.24. The Morgan fingerprint density at radius 3 is 1.97 bits per heavy atom. The summed E-state index contributed by atoms with van der Waals surface area (Å²) in [4.78, 5) is 24.3. The van der Waals surface area contributed by atoms with E-state index in [1.54, 1.807) is 0 Å². The van der Waals surface area contributed by atoms with Crippen LogP contribution >= 0.6 is 0 Å². The number of benzene rings is 3. The quantitative estimate of drug-likeness (QED) is 0.528. The third-order valence-electron chi connectivity index (χ3n) is 5.90. The number of carbonyl (C=O) groups excluding carboxylic acids is 1. The van der Waals surface area contributed by atoms with Crippen molar-refractivity contribution in [2.75, 3.05) is 33.2 Å². The zero-order valence-electron chi connectivity index (χ0n) is 18.1. The Hall–Kier alpha value is -3.61. The Bertz CT molecular complexity index is 1240. The molecule has 0 aliphatic carbocycles. The van der Waals surface area contributed by atoms with E-state index >= 15 is 0 Å². The van der Waals surface area contributed by atoms with Crippen LogP contribution in [0, 0.1) is 0 Å². The highest BCUT2D eigenvalue weighted by Crippen LogP contribution is 2.31. The zero-order chi connectivity index (χ0) is 21.9. The predicted molar refractivity (Wildman–Crippen MR) is 126 cm³/mol. The maximum atomic E-state index is 12.9. The van der Waals surface area contributed by atoms with Crippen molar-refractivity contribution in [2.24, 2.45) is 0 Å². The van der Waals surface area contributed by atoms with Gasteiger partial charge in [0.05, 0.1) is 55.6 Å². The van der Waals surface area contributed by atoms with Crippen LogP contribution in [0.2, 0.25) is 0 Å². The highest BCUT2D eigenvalue weighted by molar-refractivity contribution is 5.97. The van der Waals surface area contributed by atoms with E-state index in [1.807, 2.05) is 83.9 Å². The molecule has 1 fully saturated rings. The molecular weight excluding hydrogens is 398 g/mol. The summed E-state index contributed by atoms with van der Waals surface area (Å²) < 4.78 is 0. The number of rotatable bonds is 4. The molecule has 0 spiro atoms. The topological polar surface area (TPSA) is 62.6 Å². The molecule has 5 rings (SSSR count). The van der Waals surface area contributed by atoms with E-state index in [0.717, 1.165) is 54.2 Å². The number of aromatic nitrogens is 2. The van der Waals surface area contributed by atoms with E-state index < -0.39 is 0 Å². The zero-order valence-corrected chi connectivity index (χ0v) is 18.1. The lowest BCUT2D eigenvalue weighted by atomic mass is 10.0. The number of hydrogen-bond donors (Lipinski definition) is 2. The molecule has 1 aromatic heterocycles. The number of likely N-dealkylation sites (N-methyl/N-ethyl adjacent to an activating group) is 1. The van der Waals surface area contributed by atoms with Crippen LogP contribution in [-0.2, 0) is 0 Å². The summed E-state index contributed by atoms with van der Waals surface area (Å²) in [5.74, 6) is -0.110. The van der Waals surface area contributed by atoms with Crippen molar-refractivity contribution in [1.82, 2.24) is 20.4 Å². The number of nitrogens with one attached hydrogen (secondary N) is 2. The highest BCUT2D eigenvalue weighted by atomic mass is 16.2. The third-order valence-corrected chi connectivity index (χ3v) is 5.90. The molecule has 1 amide bonds. The number of quaternary nitrogens is 1. The van der Waals surface area contributed by atoms with E-state index in [-0.39, 0.29) is 5.91 Å². The van der Waals surface area contributed by atoms with Gasteiger partial charge in [0.2, 0.25) is 0 Å². The molecule has 3 aromatic carbocycles. The van der Waals surface area contributed by atoms with E-state index in [9.17, 15) is 4.79 Å². The fraction of sp³-hybridized carbons (Fsp3) is 0.192. The summed E-state index contributed by atoms with van der Waals surface area (Å²) >= 11 is 0. The van der Waals surface area contributed by atoms with Gasteiger partial charge in [-0.25, -0.2) is 15.0 Å². The third kappa shape index (κ3) is 4.23. The molecule has 6 nitrogen and oxygen atoms in total. The van der Waals surface area contributed by atoms with Crippen LogP contribution < -0.4 is 10.3 Å². The van der Waals surface area contributed by atoms with Crippen LogP contribution in [0.15, 0.2) is 78.9 Å². The number of hydrazine groups is 1. The molecule has 1 aliphatic heterocycles. The Morgan fingerprint density at radius 1 is 0.812 bits per heavy atom. The fourth-order valence-corrected chi connectivity index (χ4v) is 4.00. The van der Waals surface area contributed by atoms with E-state index in [2.05, 4.69) is 12.5 Å². The van der Waals surface area contributed by atoms with Crippen LogP contribution in [0.1, 0.15) is 10.4 Å². The molecule has 0 saturated carbocycles. The minimum absolute atomic E-state index is 0.110. The van der Waals surface area contributed by atoms with Crippen molar-refractivity contribution in [2.45, 2.75) is 0 Å². The first-order valence-electron chi connectivity index (χ1n) is 11.0. The molecule has 160 valence electrons. The summed E-state index contributed by atoms with van der Waals surface area (Å²) in [5, 5.41) is 2.00. The molecule has 0 radical (unpaired) electrons. The maximum absolute atomic E-state index is 12.9. The van der Waals surface area contributed by atoms with Gasteiger partial charge in [0, 0.05) is 16.7 Å². The maximum Gasteiger partial charge on any atom is 0.265 e. The van der Waals surface area contributed by atoms with Gasteiger partial charge < -0.3 is 4.90 Å². The molecule has 2 heterocycles. The molecule has 32 heavy (non-hydrogen) atoms. The van der Waals surface area contributed by atoms with Crippen LogP contribution in [0.4, 0.5) is 0 Å². The number of fused-ring (bicyclic) bond motifs is 1. The van der Waals surface area contributed by atoms with Gasteiger partial charge in [0.25, 0.3) is 5.91 Å². The van der Waals surface area contributed by atoms with Gasteiger partial charge in [0.1, 0.15) is 0 Å². The molecule has 6 heteroatoms. The average molecular weight is 425 g/mol. The fourth-order valence-electron chi connectivity index (χ4n) is 4.00. The second-order valence-corrected chi connectivity index (χ2v) is 8.24. The smallest absolute Gasteiger partial charge is 0.265 e. The Kier molecular flexibility index (Phi) is 5.62. The van der Waals surface area contributed by atoms with Crippen molar-refractivity contribution < 1.29 is 9.69 Å². The first-order chi connectivity index (χ1) is 15.7. The Morgan fingerprint density at radius 2 is 1.38 bits per heavy atom. The average Bonchev–Trinajstić information content (AvgIpc) is 2.85. The number of hydrogen-bond acceptors (Lipinski definition) is 4. The minimum Gasteiger partial charge on any atom is -0.335 e. The Balaban J connectivity index is 1.52. The van der Waals surface area contributed by atoms with Crippen molar-refractivity contribution in [3.8, 4) is 22.5 Å². The van der Waals surface area contributed by atoms with Gasteiger partial charge in [-0.1, -0.05) is 60.7 Å². The number of amides is 1. The van der Waals surface area contributed by atoms with Crippen LogP contribution in [0.25, 0.3) is 33.5 Å². The van der Waals surface area contributed by atoms with Crippen LogP contribution in [-0.4, -0.2) is 54.1 Å². The summed E-state index contributed by atoms with van der Waals surface area (Å²) in [5.41, 5.74) is 8.75. The second kappa shape index (κ2) is 8.86. The summed E-state index contributed by atoms with van der Waals surface area (Å²) in [6, 6.07) is 25.7. The Labute approximate surface area is 187 Å². The van der Waals surface area contributed by atoms with Gasteiger partial charge >= 0.3 is 0 Å². The first-order valence-corrected chi connectivity index (χ1v) is 11.0. The van der Waals surface area contributed by atoms with Crippen LogP contribution in [0.3, 0.4) is 0 Å². The number of piperazine rings is 1. The normalized spacial score (nSPS) is 15.0. The summed E-state index contributed by atoms with van der Waals surface area (Å²) in [6.45, 7) is 3.74. The van der Waals surface area contributed by atoms with Crippen molar-refractivity contribution in [3.63, 3.8) is 0 Å². The van der Waals surface area contributed by atoms with Crippen molar-refractivity contribution in [1.29, 1.82) is 0 Å². The van der Waals surface area contributed by atoms with Gasteiger partial charge in [-0.05, 0) is 18.2 Å². The molecule has 1 aliphatic rings. The summed E-state index contributed by atoms with van der Waals surface area (Å²) in [7, 11) is 2.18. The van der Waals surface area contributed by atoms with Gasteiger partial charge in [0.15, 0.2) is 0 Å². The van der Waals surface area contributed by atoms with Gasteiger partial charge in [-0.15, -0.1) is 0 Å². The minimum atomic E-state index is -0.110. The molecule has 1 saturated heterocycles. The molecule has 0 atom stereocenters. The molecule has 2 N–H and O–H groups in total. The van der Waals surface area contributed by atoms with Gasteiger partial charge in [-0.3, -0.25) is 10.2 Å². The molecule has 0 bridgehead atoms. The molecule has 0 unspecified atom stereocenters. The van der Waals surface area contributed by atoms with Crippen molar-refractivity contribution >= 4 is 16.9 Å². The summed E-state index contributed by atoms with van der Waals surface area (Å²) in [6.07, 6.45) is 0. The number of nitrogens with zero attached hydrogens (tertiary/aromatic N) is 3. The molecular formula is C26H26N5O+. The van der Waals surface area contributed by atoms with Crippen LogP contribution in [0.5, 0.6) is 0 Å². The SMILES string of the molecule is C[NH+]1CCN(NC(=O)c2ccc3nc(-c4ccccc4)c(-c4ccccc4)nc3c2)CC1. The monoisotopic (exact) mass is 424 g/mol. The lowest BCUT2D eigenvalue weighted by molar-refractivity contribution is -0.884. The standard InChI is InChI=1S/C26H25N5O/c1-30-14-16-31(17-15-30)29-26(32)21-12-13-22-23(18-21)28-25(20-10-6-3-7-11-20)24(27-22)19-8-4-2-5-9-19/h2-13,18H,14-17H2,1H3,(H,29,32)/p+1. The van der Waals surface area contributed by atoms with Crippen molar-refractivity contribution in [3.05, 3.63) is 84.4 Å². The largest absolute Gasteiger partial charge is 0.335 e. The first kappa shape index (κ1) is 20.3. The molecule has 4 aromatic rings. The highest BCUT2D eigenvalue weighted by Gasteiger charge is 2.20. The number of carbonyl (C=O) groups is 1. The van der Waals surface area contributed by atoms with E-state index in [4.69, 9.17) is 9.97 Å². The predicted octanol–water partition coefficient (Wildman–Crippen LogP) is 2.44.